The molecule has 0 saturated carbocycles. The molecule has 1 aromatic heterocycles. The lowest BCUT2D eigenvalue weighted by molar-refractivity contribution is 0.0967. The van der Waals surface area contributed by atoms with Crippen molar-refractivity contribution in [3.63, 3.8) is 0 Å². The van der Waals surface area contributed by atoms with Crippen molar-refractivity contribution in [1.29, 1.82) is 0 Å². The molecule has 3 rings (SSSR count). The molecule has 0 unspecified atom stereocenters. The molecule has 2 N–H and O–H groups in total. The zero-order chi connectivity index (χ0) is 19.2. The minimum absolute atomic E-state index is 0.216. The summed E-state index contributed by atoms with van der Waals surface area (Å²) in [5.74, 6) is 0.0841. The number of amides is 3. The number of benzene rings is 2. The number of nitrogens with one attached hydrogen (secondary N) is 2. The maximum absolute atomic E-state index is 12.0. The second-order valence-corrected chi connectivity index (χ2v) is 6.46. The molecule has 0 atom stereocenters. The van der Waals surface area contributed by atoms with Gasteiger partial charge in [-0.15, -0.1) is 0 Å². The maximum Gasteiger partial charge on any atom is 0.326 e. The van der Waals surface area contributed by atoms with Gasteiger partial charge >= 0.3 is 12.0 Å². The Balaban J connectivity index is 1.62. The van der Waals surface area contributed by atoms with E-state index < -0.39 is 11.9 Å². The van der Waals surface area contributed by atoms with E-state index in [9.17, 15) is 9.59 Å². The van der Waals surface area contributed by atoms with Crippen LogP contribution in [0.3, 0.4) is 0 Å². The lowest BCUT2D eigenvalue weighted by Crippen LogP contribution is -2.34. The van der Waals surface area contributed by atoms with E-state index in [0.717, 1.165) is 10.0 Å². The minimum atomic E-state index is -0.617. The molecule has 3 aromatic rings. The molecule has 0 aliphatic heterocycles. The first-order valence-electron chi connectivity index (χ1n) is 7.95. The van der Waals surface area contributed by atoms with E-state index in [4.69, 9.17) is 4.74 Å². The maximum atomic E-state index is 12.0. The van der Waals surface area contributed by atoms with Gasteiger partial charge in [-0.1, -0.05) is 18.2 Å². The standard InChI is InChI=1S/C19H15BrN4O3/c1-12-9-15(7-8-16(12)27-19-21-10-14(20)11-22-19)23-18(26)24-17(25)13-5-3-2-4-6-13/h2-11H,1H3,(H2,23,24,25,26). The lowest BCUT2D eigenvalue weighted by atomic mass is 10.2. The average molecular weight is 427 g/mol. The molecule has 7 nitrogen and oxygen atoms in total. The quantitative estimate of drug-likeness (QED) is 0.648. The van der Waals surface area contributed by atoms with Crippen molar-refractivity contribution < 1.29 is 14.3 Å². The van der Waals surface area contributed by atoms with Crippen LogP contribution < -0.4 is 15.4 Å². The number of carbonyl (C=O) groups is 2. The summed E-state index contributed by atoms with van der Waals surface area (Å²) >= 11 is 3.26. The van der Waals surface area contributed by atoms with E-state index in [1.807, 2.05) is 6.92 Å². The fourth-order valence-electron chi connectivity index (χ4n) is 2.22. The van der Waals surface area contributed by atoms with Gasteiger partial charge in [0.1, 0.15) is 5.75 Å². The average Bonchev–Trinajstić information content (AvgIpc) is 2.66. The molecule has 0 spiro atoms. The zero-order valence-corrected chi connectivity index (χ0v) is 15.9. The summed E-state index contributed by atoms with van der Waals surface area (Å²) in [5.41, 5.74) is 1.70. The summed E-state index contributed by atoms with van der Waals surface area (Å²) in [6.45, 7) is 1.83. The Morgan fingerprint density at radius 3 is 2.41 bits per heavy atom. The second-order valence-electron chi connectivity index (χ2n) is 5.54. The van der Waals surface area contributed by atoms with Gasteiger partial charge < -0.3 is 10.1 Å². The summed E-state index contributed by atoms with van der Waals surface area (Å²) in [5, 5.41) is 4.90. The second kappa shape index (κ2) is 8.41. The monoisotopic (exact) mass is 426 g/mol. The highest BCUT2D eigenvalue weighted by molar-refractivity contribution is 9.10. The summed E-state index contributed by atoms with van der Waals surface area (Å²) in [4.78, 5) is 32.1. The molecule has 3 amide bonds. The molecule has 0 saturated heterocycles. The number of imide groups is 1. The minimum Gasteiger partial charge on any atom is -0.424 e. The lowest BCUT2D eigenvalue weighted by Gasteiger charge is -2.10. The van der Waals surface area contributed by atoms with Crippen LogP contribution >= 0.6 is 15.9 Å². The smallest absolute Gasteiger partial charge is 0.326 e. The van der Waals surface area contributed by atoms with E-state index >= 15 is 0 Å². The van der Waals surface area contributed by atoms with Crippen LogP contribution in [0.4, 0.5) is 10.5 Å². The number of urea groups is 1. The van der Waals surface area contributed by atoms with Gasteiger partial charge in [-0.25, -0.2) is 14.8 Å². The van der Waals surface area contributed by atoms with Gasteiger partial charge in [-0.2, -0.15) is 0 Å². The number of carbonyl (C=O) groups excluding carboxylic acids is 2. The number of hydrogen-bond acceptors (Lipinski definition) is 5. The van der Waals surface area contributed by atoms with E-state index in [2.05, 4.69) is 36.5 Å². The van der Waals surface area contributed by atoms with Crippen LogP contribution in [-0.4, -0.2) is 21.9 Å². The van der Waals surface area contributed by atoms with Gasteiger partial charge in [0.25, 0.3) is 5.91 Å². The van der Waals surface area contributed by atoms with Gasteiger partial charge in [-0.05, 0) is 58.7 Å². The van der Waals surface area contributed by atoms with Gasteiger partial charge in [0, 0.05) is 23.6 Å². The molecule has 0 fully saturated rings. The Hall–Kier alpha value is -3.26. The predicted molar refractivity (Wildman–Crippen MR) is 104 cm³/mol. The van der Waals surface area contributed by atoms with E-state index in [1.165, 1.54) is 0 Å². The fourth-order valence-corrected chi connectivity index (χ4v) is 2.43. The van der Waals surface area contributed by atoms with Crippen molar-refractivity contribution in [3.8, 4) is 11.8 Å². The molecule has 0 radical (unpaired) electrons. The number of aryl methyl sites for hydroxylation is 1. The number of rotatable bonds is 4. The number of halogens is 1. The number of ether oxygens (including phenoxy) is 1. The van der Waals surface area contributed by atoms with Crippen molar-refractivity contribution in [3.05, 3.63) is 76.5 Å². The van der Waals surface area contributed by atoms with Crippen LogP contribution in [0.2, 0.25) is 0 Å². The molecule has 27 heavy (non-hydrogen) atoms. The van der Waals surface area contributed by atoms with Crippen LogP contribution in [0, 0.1) is 6.92 Å². The highest BCUT2D eigenvalue weighted by atomic mass is 79.9. The Bertz CT molecular complexity index is 962. The first-order valence-corrected chi connectivity index (χ1v) is 8.74. The van der Waals surface area contributed by atoms with E-state index in [0.29, 0.717) is 17.0 Å². The fraction of sp³-hybridized carbons (Fsp3) is 0.0526. The third-order valence-electron chi connectivity index (χ3n) is 3.49. The third kappa shape index (κ3) is 5.11. The van der Waals surface area contributed by atoms with Gasteiger partial charge in [0.2, 0.25) is 0 Å². The molecule has 136 valence electrons. The third-order valence-corrected chi connectivity index (χ3v) is 3.90. The van der Waals surface area contributed by atoms with Crippen LogP contribution in [0.15, 0.2) is 65.4 Å². The highest BCUT2D eigenvalue weighted by Gasteiger charge is 2.11. The molecule has 0 aliphatic carbocycles. The Morgan fingerprint density at radius 2 is 1.74 bits per heavy atom. The van der Waals surface area contributed by atoms with Crippen molar-refractivity contribution in [2.75, 3.05) is 5.32 Å². The first-order chi connectivity index (χ1) is 13.0. The zero-order valence-electron chi connectivity index (χ0n) is 14.3. The summed E-state index contributed by atoms with van der Waals surface area (Å²) in [7, 11) is 0. The van der Waals surface area contributed by atoms with Crippen LogP contribution in [0.1, 0.15) is 15.9 Å². The number of aromatic nitrogens is 2. The molecule has 2 aromatic carbocycles. The summed E-state index contributed by atoms with van der Waals surface area (Å²) in [6, 6.07) is 13.2. The number of nitrogens with zero attached hydrogens (tertiary/aromatic N) is 2. The number of hydrogen-bond donors (Lipinski definition) is 2. The van der Waals surface area contributed by atoms with Gasteiger partial charge in [-0.3, -0.25) is 10.1 Å². The highest BCUT2D eigenvalue weighted by Crippen LogP contribution is 2.25. The van der Waals surface area contributed by atoms with Crippen LogP contribution in [-0.2, 0) is 0 Å². The Morgan fingerprint density at radius 1 is 1.04 bits per heavy atom. The van der Waals surface area contributed by atoms with Gasteiger partial charge in [0.05, 0.1) is 4.47 Å². The summed E-state index contributed by atoms with van der Waals surface area (Å²) in [6.07, 6.45) is 3.17. The molecular formula is C19H15BrN4O3. The molecule has 0 aliphatic rings. The molecule has 1 heterocycles. The predicted octanol–water partition coefficient (Wildman–Crippen LogP) is 4.30. The Kier molecular flexibility index (Phi) is 5.77. The van der Waals surface area contributed by atoms with E-state index in [-0.39, 0.29) is 6.01 Å². The van der Waals surface area contributed by atoms with Crippen molar-refractivity contribution >= 4 is 33.6 Å². The first kappa shape index (κ1) is 18.5. The molecule has 0 bridgehead atoms. The van der Waals surface area contributed by atoms with Crippen molar-refractivity contribution in [2.45, 2.75) is 6.92 Å². The Labute approximate surface area is 163 Å². The molecular weight excluding hydrogens is 412 g/mol. The SMILES string of the molecule is Cc1cc(NC(=O)NC(=O)c2ccccc2)ccc1Oc1ncc(Br)cn1. The van der Waals surface area contributed by atoms with Crippen LogP contribution in [0.5, 0.6) is 11.8 Å². The largest absolute Gasteiger partial charge is 0.424 e. The molecule has 8 heteroatoms. The van der Waals surface area contributed by atoms with Gasteiger partial charge in [0.15, 0.2) is 0 Å². The normalized spacial score (nSPS) is 10.1. The number of anilines is 1. The topological polar surface area (TPSA) is 93.2 Å². The van der Waals surface area contributed by atoms with Crippen molar-refractivity contribution in [2.24, 2.45) is 0 Å². The van der Waals surface area contributed by atoms with Crippen LogP contribution in [0.25, 0.3) is 0 Å². The van der Waals surface area contributed by atoms with Crippen molar-refractivity contribution in [1.82, 2.24) is 15.3 Å². The van der Waals surface area contributed by atoms with E-state index in [1.54, 1.807) is 60.9 Å². The summed E-state index contributed by atoms with van der Waals surface area (Å²) < 4.78 is 6.37.